The van der Waals surface area contributed by atoms with Crippen LogP contribution in [0.5, 0.6) is 0 Å². The summed E-state index contributed by atoms with van der Waals surface area (Å²) >= 11 is 0. The summed E-state index contributed by atoms with van der Waals surface area (Å²) in [6.45, 7) is 3.27. The van der Waals surface area contributed by atoms with Crippen molar-refractivity contribution in [2.75, 3.05) is 0 Å². The summed E-state index contributed by atoms with van der Waals surface area (Å²) in [5.74, 6) is -3.27. The lowest BCUT2D eigenvalue weighted by molar-refractivity contribution is 0.103. The topological polar surface area (TPSA) is 17.1 Å². The van der Waals surface area contributed by atoms with Gasteiger partial charge in [-0.05, 0) is 43.2 Å². The predicted octanol–water partition coefficient (Wildman–Crippen LogP) is 3.95. The van der Waals surface area contributed by atoms with E-state index in [9.17, 15) is 18.0 Å². The normalized spacial score (nSPS) is 10.6. The first kappa shape index (κ1) is 13.3. The minimum Gasteiger partial charge on any atom is -0.288 e. The molecule has 0 aromatic heterocycles. The fourth-order valence-electron chi connectivity index (χ4n) is 2.01. The number of ketones is 1. The number of hydrogen-bond donors (Lipinski definition) is 0. The second-order valence-corrected chi connectivity index (χ2v) is 4.39. The molecule has 98 valence electrons. The number of carbonyl (C=O) groups excluding carboxylic acids is 1. The van der Waals surface area contributed by atoms with Gasteiger partial charge in [0.05, 0.1) is 11.1 Å². The van der Waals surface area contributed by atoms with Crippen LogP contribution in [0, 0.1) is 31.3 Å². The molecule has 2 aromatic carbocycles. The van der Waals surface area contributed by atoms with Crippen molar-refractivity contribution in [3.05, 3.63) is 70.0 Å². The molecule has 0 N–H and O–H groups in total. The maximum absolute atomic E-state index is 13.8. The van der Waals surface area contributed by atoms with Crippen LogP contribution in [0.3, 0.4) is 0 Å². The van der Waals surface area contributed by atoms with Gasteiger partial charge in [-0.2, -0.15) is 0 Å². The van der Waals surface area contributed by atoms with Crippen LogP contribution in [0.15, 0.2) is 30.3 Å². The molecule has 0 saturated heterocycles. The van der Waals surface area contributed by atoms with Gasteiger partial charge in [0.2, 0.25) is 0 Å². The molecule has 0 bridgehead atoms. The fourth-order valence-corrected chi connectivity index (χ4v) is 2.01. The van der Waals surface area contributed by atoms with Crippen LogP contribution in [-0.2, 0) is 0 Å². The van der Waals surface area contributed by atoms with Crippen molar-refractivity contribution in [2.24, 2.45) is 0 Å². The Morgan fingerprint density at radius 2 is 1.63 bits per heavy atom. The fraction of sp³-hybridized carbons (Fsp3) is 0.133. The second-order valence-electron chi connectivity index (χ2n) is 4.39. The van der Waals surface area contributed by atoms with Gasteiger partial charge in [0.1, 0.15) is 17.5 Å². The molecule has 0 aliphatic heterocycles. The third kappa shape index (κ3) is 2.52. The van der Waals surface area contributed by atoms with Gasteiger partial charge in [0.25, 0.3) is 0 Å². The molecule has 4 heteroatoms. The van der Waals surface area contributed by atoms with Crippen LogP contribution >= 0.6 is 0 Å². The summed E-state index contributed by atoms with van der Waals surface area (Å²) < 4.78 is 40.2. The van der Waals surface area contributed by atoms with Crippen LogP contribution in [-0.4, -0.2) is 5.78 Å². The van der Waals surface area contributed by atoms with Crippen molar-refractivity contribution in [1.82, 2.24) is 0 Å². The summed E-state index contributed by atoms with van der Waals surface area (Å²) in [6.07, 6.45) is 0. The minimum atomic E-state index is -0.996. The molecule has 0 atom stereocenters. The molecular weight excluding hydrogens is 253 g/mol. The van der Waals surface area contributed by atoms with E-state index in [0.29, 0.717) is 17.2 Å². The van der Waals surface area contributed by atoms with Gasteiger partial charge in [-0.3, -0.25) is 4.79 Å². The number of hydrogen-bond acceptors (Lipinski definition) is 1. The van der Waals surface area contributed by atoms with Crippen molar-refractivity contribution in [3.63, 3.8) is 0 Å². The standard InChI is InChI=1S/C15H11F3O/c1-8-5-9(2)14(13(18)6-8)15(19)11-4-3-10(16)7-12(11)17/h3-7H,1-2H3. The zero-order valence-electron chi connectivity index (χ0n) is 10.4. The summed E-state index contributed by atoms with van der Waals surface area (Å²) in [7, 11) is 0. The van der Waals surface area contributed by atoms with Crippen LogP contribution in [0.2, 0.25) is 0 Å². The van der Waals surface area contributed by atoms with Gasteiger partial charge < -0.3 is 0 Å². The third-order valence-corrected chi connectivity index (χ3v) is 2.83. The van der Waals surface area contributed by atoms with Crippen molar-refractivity contribution in [1.29, 1.82) is 0 Å². The van der Waals surface area contributed by atoms with E-state index >= 15 is 0 Å². The Bertz CT molecular complexity index is 639. The molecule has 0 heterocycles. The lowest BCUT2D eigenvalue weighted by Gasteiger charge is -2.08. The monoisotopic (exact) mass is 264 g/mol. The van der Waals surface area contributed by atoms with E-state index in [1.165, 1.54) is 6.07 Å². The number of benzene rings is 2. The molecule has 2 aromatic rings. The van der Waals surface area contributed by atoms with E-state index in [4.69, 9.17) is 0 Å². The van der Waals surface area contributed by atoms with Gasteiger partial charge in [-0.15, -0.1) is 0 Å². The van der Waals surface area contributed by atoms with Gasteiger partial charge in [0.15, 0.2) is 5.78 Å². The van der Waals surface area contributed by atoms with Crippen molar-refractivity contribution in [2.45, 2.75) is 13.8 Å². The molecular formula is C15H11F3O. The summed E-state index contributed by atoms with van der Waals surface area (Å²) in [5.41, 5.74) is 0.570. The van der Waals surface area contributed by atoms with Gasteiger partial charge in [-0.1, -0.05) is 6.07 Å². The van der Waals surface area contributed by atoms with Crippen LogP contribution in [0.25, 0.3) is 0 Å². The third-order valence-electron chi connectivity index (χ3n) is 2.83. The Kier molecular flexibility index (Phi) is 3.42. The van der Waals surface area contributed by atoms with E-state index in [1.54, 1.807) is 19.9 Å². The largest absolute Gasteiger partial charge is 0.288 e. The van der Waals surface area contributed by atoms with Crippen molar-refractivity contribution in [3.8, 4) is 0 Å². The molecule has 0 aliphatic rings. The lowest BCUT2D eigenvalue weighted by Crippen LogP contribution is -2.09. The van der Waals surface area contributed by atoms with E-state index in [1.807, 2.05) is 0 Å². The number of rotatable bonds is 2. The molecule has 0 saturated carbocycles. The smallest absolute Gasteiger partial charge is 0.199 e. The zero-order valence-corrected chi connectivity index (χ0v) is 10.4. The van der Waals surface area contributed by atoms with Gasteiger partial charge >= 0.3 is 0 Å². The summed E-state index contributed by atoms with van der Waals surface area (Å²) in [6, 6.07) is 5.44. The minimum absolute atomic E-state index is 0.184. The molecule has 1 nitrogen and oxygen atoms in total. The lowest BCUT2D eigenvalue weighted by atomic mass is 9.96. The molecule has 0 amide bonds. The van der Waals surface area contributed by atoms with Gasteiger partial charge in [0, 0.05) is 6.07 Å². The Labute approximate surface area is 108 Å². The highest BCUT2D eigenvalue weighted by Crippen LogP contribution is 2.21. The van der Waals surface area contributed by atoms with Gasteiger partial charge in [-0.25, -0.2) is 13.2 Å². The number of carbonyl (C=O) groups is 1. The first-order valence-electron chi connectivity index (χ1n) is 5.66. The predicted molar refractivity (Wildman–Crippen MR) is 65.7 cm³/mol. The van der Waals surface area contributed by atoms with E-state index in [-0.39, 0.29) is 11.1 Å². The highest BCUT2D eigenvalue weighted by atomic mass is 19.1. The van der Waals surface area contributed by atoms with Crippen LogP contribution < -0.4 is 0 Å². The number of aryl methyl sites for hydroxylation is 2. The van der Waals surface area contributed by atoms with E-state index < -0.39 is 23.2 Å². The maximum Gasteiger partial charge on any atom is 0.199 e. The molecule has 0 aliphatic carbocycles. The highest BCUT2D eigenvalue weighted by Gasteiger charge is 2.20. The maximum atomic E-state index is 13.8. The van der Waals surface area contributed by atoms with Crippen LogP contribution in [0.1, 0.15) is 27.0 Å². The SMILES string of the molecule is Cc1cc(C)c(C(=O)c2ccc(F)cc2F)c(F)c1. The van der Waals surface area contributed by atoms with E-state index in [2.05, 4.69) is 0 Å². The summed E-state index contributed by atoms with van der Waals surface area (Å²) in [5, 5.41) is 0. The average Bonchev–Trinajstić information content (AvgIpc) is 2.26. The highest BCUT2D eigenvalue weighted by molar-refractivity contribution is 6.10. The van der Waals surface area contributed by atoms with Crippen LogP contribution in [0.4, 0.5) is 13.2 Å². The van der Waals surface area contributed by atoms with E-state index in [0.717, 1.165) is 12.1 Å². The molecule has 19 heavy (non-hydrogen) atoms. The first-order chi connectivity index (χ1) is 8.90. The molecule has 0 radical (unpaired) electrons. The van der Waals surface area contributed by atoms with Crippen molar-refractivity contribution >= 4 is 5.78 Å². The molecule has 2 rings (SSSR count). The number of halogens is 3. The Hall–Kier alpha value is -2.10. The Morgan fingerprint density at radius 3 is 2.21 bits per heavy atom. The molecule has 0 spiro atoms. The molecule has 0 fully saturated rings. The first-order valence-corrected chi connectivity index (χ1v) is 5.66. The molecule has 0 unspecified atom stereocenters. The van der Waals surface area contributed by atoms with Crippen molar-refractivity contribution < 1.29 is 18.0 Å². The Balaban J connectivity index is 2.56. The quantitative estimate of drug-likeness (QED) is 0.750. The zero-order chi connectivity index (χ0) is 14.2. The second kappa shape index (κ2) is 4.88. The summed E-state index contributed by atoms with van der Waals surface area (Å²) in [4.78, 5) is 12.1. The average molecular weight is 264 g/mol. The Morgan fingerprint density at radius 1 is 0.947 bits per heavy atom.